The summed E-state index contributed by atoms with van der Waals surface area (Å²) in [6.45, 7) is 4.14. The van der Waals surface area contributed by atoms with Gasteiger partial charge in [-0.05, 0) is 31.0 Å². The number of hydrogen-bond donors (Lipinski definition) is 1. The van der Waals surface area contributed by atoms with Crippen LogP contribution in [0.15, 0.2) is 6.07 Å². The molecule has 2 rings (SSSR count). The van der Waals surface area contributed by atoms with Gasteiger partial charge in [-0.1, -0.05) is 19.3 Å². The van der Waals surface area contributed by atoms with E-state index in [1.54, 1.807) is 11.3 Å². The summed E-state index contributed by atoms with van der Waals surface area (Å²) >= 11 is 7.53. The molecule has 0 aliphatic carbocycles. The number of terminal acetylenes is 1. The number of fused-ring (bicyclic) bond motifs is 1. The first kappa shape index (κ1) is 13.1. The molecule has 0 saturated carbocycles. The molecule has 0 spiro atoms. The van der Waals surface area contributed by atoms with Crippen molar-refractivity contribution in [3.8, 4) is 12.3 Å². The lowest BCUT2D eigenvalue weighted by Gasteiger charge is -2.13. The zero-order valence-corrected chi connectivity index (χ0v) is 11.9. The summed E-state index contributed by atoms with van der Waals surface area (Å²) in [5.41, 5.74) is 0. The van der Waals surface area contributed by atoms with Crippen LogP contribution in [0, 0.1) is 19.3 Å². The van der Waals surface area contributed by atoms with Gasteiger partial charge in [0.25, 0.3) is 0 Å². The van der Waals surface area contributed by atoms with Crippen LogP contribution in [0.5, 0.6) is 0 Å². The van der Waals surface area contributed by atoms with Crippen molar-refractivity contribution in [1.82, 2.24) is 9.97 Å². The highest BCUT2D eigenvalue weighted by molar-refractivity contribution is 7.18. The van der Waals surface area contributed by atoms with Crippen molar-refractivity contribution < 1.29 is 0 Å². The first-order valence-electron chi connectivity index (χ1n) is 5.80. The van der Waals surface area contributed by atoms with E-state index in [4.69, 9.17) is 18.0 Å². The van der Waals surface area contributed by atoms with Gasteiger partial charge in [0.2, 0.25) is 5.28 Å². The van der Waals surface area contributed by atoms with Crippen LogP contribution in [0.2, 0.25) is 5.28 Å². The third-order valence-corrected chi connectivity index (χ3v) is 3.69. The number of aromatic nitrogens is 2. The molecule has 2 aromatic rings. The third kappa shape index (κ3) is 2.74. The average molecular weight is 280 g/mol. The molecule has 18 heavy (non-hydrogen) atoms. The highest BCUT2D eigenvalue weighted by atomic mass is 35.5. The van der Waals surface area contributed by atoms with Crippen molar-refractivity contribution in [3.63, 3.8) is 0 Å². The quantitative estimate of drug-likeness (QED) is 0.682. The standard InChI is InChI=1S/C13H14ClN3S/c1-4-6-9(5-2)15-11-10-7-8(3)18-12(10)17-13(14)16-11/h2,7,9H,4,6H2,1,3H3,(H,15,16,17). The summed E-state index contributed by atoms with van der Waals surface area (Å²) in [6.07, 6.45) is 7.43. The summed E-state index contributed by atoms with van der Waals surface area (Å²) in [6, 6.07) is 2.03. The van der Waals surface area contributed by atoms with Crippen LogP contribution < -0.4 is 5.32 Å². The van der Waals surface area contributed by atoms with E-state index in [1.165, 1.54) is 4.88 Å². The fraction of sp³-hybridized carbons (Fsp3) is 0.385. The van der Waals surface area contributed by atoms with E-state index in [-0.39, 0.29) is 11.3 Å². The number of halogens is 1. The minimum absolute atomic E-state index is 0.0237. The summed E-state index contributed by atoms with van der Waals surface area (Å²) in [4.78, 5) is 10.5. The second-order valence-electron chi connectivity index (χ2n) is 4.07. The number of nitrogens with zero attached hydrogens (tertiary/aromatic N) is 2. The lowest BCUT2D eigenvalue weighted by atomic mass is 10.2. The fourth-order valence-corrected chi connectivity index (χ4v) is 2.88. The minimum Gasteiger partial charge on any atom is -0.356 e. The van der Waals surface area contributed by atoms with Crippen LogP contribution in [-0.4, -0.2) is 16.0 Å². The number of anilines is 1. The van der Waals surface area contributed by atoms with Gasteiger partial charge in [-0.25, -0.2) is 9.97 Å². The molecule has 5 heteroatoms. The lowest BCUT2D eigenvalue weighted by molar-refractivity contribution is 0.753. The predicted octanol–water partition coefficient (Wildman–Crippen LogP) is 3.87. The lowest BCUT2D eigenvalue weighted by Crippen LogP contribution is -2.17. The molecule has 1 unspecified atom stereocenters. The smallest absolute Gasteiger partial charge is 0.225 e. The fourth-order valence-electron chi connectivity index (χ4n) is 1.78. The van der Waals surface area contributed by atoms with Crippen molar-refractivity contribution in [2.75, 3.05) is 5.32 Å². The maximum Gasteiger partial charge on any atom is 0.225 e. The van der Waals surface area contributed by atoms with E-state index in [2.05, 4.69) is 34.2 Å². The highest BCUT2D eigenvalue weighted by Crippen LogP contribution is 2.30. The Bertz CT molecular complexity index is 600. The Morgan fingerprint density at radius 2 is 2.33 bits per heavy atom. The monoisotopic (exact) mass is 279 g/mol. The number of aryl methyl sites for hydroxylation is 1. The van der Waals surface area contributed by atoms with Gasteiger partial charge in [0.1, 0.15) is 10.6 Å². The normalized spacial score (nSPS) is 12.3. The molecule has 2 heterocycles. The molecular formula is C13H14ClN3S. The molecule has 0 aliphatic rings. The summed E-state index contributed by atoms with van der Waals surface area (Å²) in [5.74, 6) is 3.46. The van der Waals surface area contributed by atoms with Gasteiger partial charge in [-0.3, -0.25) is 0 Å². The maximum absolute atomic E-state index is 5.93. The zero-order chi connectivity index (χ0) is 13.1. The molecule has 2 aromatic heterocycles. The minimum atomic E-state index is -0.0237. The van der Waals surface area contributed by atoms with Crippen molar-refractivity contribution in [2.45, 2.75) is 32.7 Å². The van der Waals surface area contributed by atoms with Crippen molar-refractivity contribution >= 4 is 39.0 Å². The molecule has 0 radical (unpaired) electrons. The zero-order valence-electron chi connectivity index (χ0n) is 10.3. The van der Waals surface area contributed by atoms with Crippen LogP contribution >= 0.6 is 22.9 Å². The Kier molecular flexibility index (Phi) is 4.05. The van der Waals surface area contributed by atoms with Crippen molar-refractivity contribution in [3.05, 3.63) is 16.2 Å². The highest BCUT2D eigenvalue weighted by Gasteiger charge is 2.12. The van der Waals surface area contributed by atoms with Gasteiger partial charge in [-0.15, -0.1) is 17.8 Å². The molecular weight excluding hydrogens is 266 g/mol. The molecule has 0 saturated heterocycles. The first-order chi connectivity index (χ1) is 8.63. The van der Waals surface area contributed by atoms with Crippen LogP contribution in [0.3, 0.4) is 0 Å². The molecule has 1 N–H and O–H groups in total. The number of thiophene rings is 1. The summed E-state index contributed by atoms with van der Waals surface area (Å²) in [5, 5.41) is 4.50. The van der Waals surface area contributed by atoms with Gasteiger partial charge in [0, 0.05) is 4.88 Å². The average Bonchev–Trinajstić information content (AvgIpc) is 2.68. The van der Waals surface area contributed by atoms with Crippen LogP contribution in [0.4, 0.5) is 5.82 Å². The molecule has 94 valence electrons. The maximum atomic E-state index is 5.93. The van der Waals surface area contributed by atoms with E-state index in [0.717, 1.165) is 28.9 Å². The van der Waals surface area contributed by atoms with Crippen molar-refractivity contribution in [2.24, 2.45) is 0 Å². The van der Waals surface area contributed by atoms with E-state index in [0.29, 0.717) is 0 Å². The molecule has 0 aromatic carbocycles. The van der Waals surface area contributed by atoms with Gasteiger partial charge in [0.05, 0.1) is 11.4 Å². The molecule has 0 fully saturated rings. The third-order valence-electron chi connectivity index (χ3n) is 2.58. The van der Waals surface area contributed by atoms with Gasteiger partial charge >= 0.3 is 0 Å². The second-order valence-corrected chi connectivity index (χ2v) is 5.64. The molecule has 0 bridgehead atoms. The molecule has 0 aliphatic heterocycles. The Balaban J connectivity index is 2.40. The van der Waals surface area contributed by atoms with E-state index in [1.807, 2.05) is 6.92 Å². The van der Waals surface area contributed by atoms with E-state index in [9.17, 15) is 0 Å². The molecule has 0 amide bonds. The number of hydrogen-bond acceptors (Lipinski definition) is 4. The van der Waals surface area contributed by atoms with Crippen molar-refractivity contribution in [1.29, 1.82) is 0 Å². The molecule has 1 atom stereocenters. The Morgan fingerprint density at radius 3 is 3.00 bits per heavy atom. The number of rotatable bonds is 4. The second kappa shape index (κ2) is 5.55. The Hall–Kier alpha value is -1.31. The van der Waals surface area contributed by atoms with Gasteiger partial charge < -0.3 is 5.32 Å². The summed E-state index contributed by atoms with van der Waals surface area (Å²) in [7, 11) is 0. The van der Waals surface area contributed by atoms with E-state index >= 15 is 0 Å². The van der Waals surface area contributed by atoms with Crippen LogP contribution in [-0.2, 0) is 0 Å². The van der Waals surface area contributed by atoms with E-state index < -0.39 is 0 Å². The SMILES string of the molecule is C#CC(CCC)Nc1nc(Cl)nc2sc(C)cc12. The van der Waals surface area contributed by atoms with Gasteiger partial charge in [-0.2, -0.15) is 0 Å². The predicted molar refractivity (Wildman–Crippen MR) is 78.3 cm³/mol. The number of nitrogens with one attached hydrogen (secondary N) is 1. The van der Waals surface area contributed by atoms with Crippen LogP contribution in [0.25, 0.3) is 10.2 Å². The summed E-state index contributed by atoms with van der Waals surface area (Å²) < 4.78 is 0. The topological polar surface area (TPSA) is 37.8 Å². The van der Waals surface area contributed by atoms with Gasteiger partial charge in [0.15, 0.2) is 0 Å². The Morgan fingerprint density at radius 1 is 1.56 bits per heavy atom. The Labute approximate surface area is 116 Å². The molecule has 3 nitrogen and oxygen atoms in total. The first-order valence-corrected chi connectivity index (χ1v) is 6.99. The largest absolute Gasteiger partial charge is 0.356 e. The van der Waals surface area contributed by atoms with Crippen LogP contribution in [0.1, 0.15) is 24.6 Å².